The van der Waals surface area contributed by atoms with Crippen LogP contribution < -0.4 is 0 Å². The third-order valence-electron chi connectivity index (χ3n) is 5.52. The molecule has 1 atom stereocenters. The Labute approximate surface area is 173 Å². The largest absolute Gasteiger partial charge is 0.340 e. The van der Waals surface area contributed by atoms with E-state index in [2.05, 4.69) is 25.6 Å². The van der Waals surface area contributed by atoms with E-state index in [0.717, 1.165) is 36.4 Å². The number of pyridine rings is 1. The van der Waals surface area contributed by atoms with Crippen molar-refractivity contribution in [2.45, 2.75) is 32.2 Å². The summed E-state index contributed by atoms with van der Waals surface area (Å²) in [4.78, 5) is 16.1. The molecule has 0 spiro atoms. The molecule has 5 rings (SSSR count). The molecule has 1 fully saturated rings. The fraction of sp³-hybridized carbons (Fsp3) is 0.333. The highest BCUT2D eigenvalue weighted by molar-refractivity contribution is 5.76. The first-order valence-electron chi connectivity index (χ1n) is 10.1. The van der Waals surface area contributed by atoms with Crippen LogP contribution in [0.4, 0.5) is 0 Å². The van der Waals surface area contributed by atoms with Crippen molar-refractivity contribution >= 4 is 11.6 Å². The Balaban J connectivity index is 1.28. The molecular weight excluding hydrogens is 380 g/mol. The summed E-state index contributed by atoms with van der Waals surface area (Å²) in [6.45, 7) is 3.45. The average Bonchev–Trinajstić information content (AvgIpc) is 3.41. The number of nitrogens with zero attached hydrogens (tertiary/aromatic N) is 8. The molecule has 1 aromatic carbocycles. The molecule has 0 aliphatic carbocycles. The van der Waals surface area contributed by atoms with E-state index in [1.54, 1.807) is 0 Å². The monoisotopic (exact) mass is 402 g/mol. The van der Waals surface area contributed by atoms with Gasteiger partial charge in [0.2, 0.25) is 11.7 Å². The molecule has 9 nitrogen and oxygen atoms in total. The minimum absolute atomic E-state index is 0.0126. The van der Waals surface area contributed by atoms with E-state index in [4.69, 9.17) is 0 Å². The topological polar surface area (TPSA) is 94.1 Å². The van der Waals surface area contributed by atoms with E-state index < -0.39 is 0 Å². The molecule has 0 N–H and O–H groups in total. The van der Waals surface area contributed by atoms with Crippen molar-refractivity contribution in [2.75, 3.05) is 13.1 Å². The van der Waals surface area contributed by atoms with Crippen LogP contribution in [0.15, 0.2) is 48.7 Å². The first-order chi connectivity index (χ1) is 14.7. The molecule has 0 radical (unpaired) electrons. The number of carbonyl (C=O) groups is 1. The Morgan fingerprint density at radius 1 is 1.10 bits per heavy atom. The predicted octanol–water partition coefficient (Wildman–Crippen LogP) is 2.10. The number of amides is 1. The Morgan fingerprint density at radius 3 is 2.83 bits per heavy atom. The summed E-state index contributed by atoms with van der Waals surface area (Å²) in [5.74, 6) is 1.58. The molecule has 4 heterocycles. The molecule has 1 saturated heterocycles. The zero-order valence-corrected chi connectivity index (χ0v) is 16.7. The number of piperidine rings is 1. The third kappa shape index (κ3) is 3.54. The van der Waals surface area contributed by atoms with Crippen LogP contribution in [0, 0.1) is 6.92 Å². The Hall–Kier alpha value is -3.62. The molecule has 30 heavy (non-hydrogen) atoms. The molecule has 9 heteroatoms. The zero-order valence-electron chi connectivity index (χ0n) is 16.7. The number of likely N-dealkylation sites (tertiary alicyclic amines) is 1. The highest BCUT2D eigenvalue weighted by Crippen LogP contribution is 2.26. The lowest BCUT2D eigenvalue weighted by molar-refractivity contribution is -0.133. The van der Waals surface area contributed by atoms with Crippen molar-refractivity contribution in [3.05, 3.63) is 60.0 Å². The molecule has 0 bridgehead atoms. The summed E-state index contributed by atoms with van der Waals surface area (Å²) >= 11 is 0. The second-order valence-electron chi connectivity index (χ2n) is 7.68. The Kier molecular flexibility index (Phi) is 4.70. The number of carbonyl (C=O) groups excluding carboxylic acids is 1. The number of aromatic nitrogens is 7. The van der Waals surface area contributed by atoms with E-state index in [1.165, 1.54) is 10.4 Å². The van der Waals surface area contributed by atoms with Crippen molar-refractivity contribution in [2.24, 2.45) is 0 Å². The maximum absolute atomic E-state index is 12.9. The molecule has 3 aromatic heterocycles. The Bertz CT molecular complexity index is 1180. The Morgan fingerprint density at radius 2 is 1.97 bits per heavy atom. The standard InChI is InChI=1S/C21H22N8O/c1-15-7-9-16(10-8-15)20-23-26-29(25-20)14-19(30)27-11-4-5-17(13-27)21-24-22-18-6-2-3-12-28(18)21/h2-3,6-10,12,17H,4-5,11,13-14H2,1H3. The van der Waals surface area contributed by atoms with Crippen molar-refractivity contribution in [1.82, 2.24) is 39.7 Å². The maximum Gasteiger partial charge on any atom is 0.246 e. The lowest BCUT2D eigenvalue weighted by Gasteiger charge is -2.31. The van der Waals surface area contributed by atoms with Gasteiger partial charge < -0.3 is 4.90 Å². The van der Waals surface area contributed by atoms with Gasteiger partial charge in [0.05, 0.1) is 0 Å². The summed E-state index contributed by atoms with van der Waals surface area (Å²) in [6.07, 6.45) is 3.88. The van der Waals surface area contributed by atoms with Crippen LogP contribution in [0.1, 0.15) is 30.1 Å². The highest BCUT2D eigenvalue weighted by atomic mass is 16.2. The highest BCUT2D eigenvalue weighted by Gasteiger charge is 2.28. The summed E-state index contributed by atoms with van der Waals surface area (Å²) in [5.41, 5.74) is 2.88. The quantitative estimate of drug-likeness (QED) is 0.519. The van der Waals surface area contributed by atoms with Crippen LogP contribution in [0.25, 0.3) is 17.0 Å². The fourth-order valence-corrected chi connectivity index (χ4v) is 3.90. The van der Waals surface area contributed by atoms with Crippen molar-refractivity contribution in [1.29, 1.82) is 0 Å². The molecule has 1 unspecified atom stereocenters. The summed E-state index contributed by atoms with van der Waals surface area (Å²) in [7, 11) is 0. The van der Waals surface area contributed by atoms with E-state index >= 15 is 0 Å². The molecule has 1 amide bonds. The van der Waals surface area contributed by atoms with Crippen LogP contribution in [-0.4, -0.2) is 58.7 Å². The molecule has 152 valence electrons. The van der Waals surface area contributed by atoms with Gasteiger partial charge in [-0.3, -0.25) is 9.20 Å². The molecule has 1 aliphatic rings. The lowest BCUT2D eigenvalue weighted by Crippen LogP contribution is -2.41. The summed E-state index contributed by atoms with van der Waals surface area (Å²) < 4.78 is 2.01. The van der Waals surface area contributed by atoms with Gasteiger partial charge in [-0.05, 0) is 37.1 Å². The lowest BCUT2D eigenvalue weighted by atomic mass is 9.97. The molecule has 4 aromatic rings. The second kappa shape index (κ2) is 7.66. The van der Waals surface area contributed by atoms with Gasteiger partial charge in [-0.1, -0.05) is 35.9 Å². The second-order valence-corrected chi connectivity index (χ2v) is 7.68. The normalized spacial score (nSPS) is 16.8. The van der Waals surface area contributed by atoms with Gasteiger partial charge in [-0.2, -0.15) is 4.80 Å². The first kappa shape index (κ1) is 18.4. The van der Waals surface area contributed by atoms with E-state index in [9.17, 15) is 4.79 Å². The number of benzene rings is 1. The summed E-state index contributed by atoms with van der Waals surface area (Å²) in [6, 6.07) is 13.8. The molecule has 1 aliphatic heterocycles. The van der Waals surface area contributed by atoms with Crippen molar-refractivity contribution < 1.29 is 4.79 Å². The maximum atomic E-state index is 12.9. The first-order valence-corrected chi connectivity index (χ1v) is 10.1. The minimum atomic E-state index is -0.0126. The van der Waals surface area contributed by atoms with E-state index in [-0.39, 0.29) is 18.4 Å². The molecular formula is C21H22N8O. The van der Waals surface area contributed by atoms with Gasteiger partial charge in [0.1, 0.15) is 12.4 Å². The molecule has 0 saturated carbocycles. The van der Waals surface area contributed by atoms with Crippen LogP contribution in [0.5, 0.6) is 0 Å². The number of hydrogen-bond donors (Lipinski definition) is 0. The van der Waals surface area contributed by atoms with Gasteiger partial charge in [-0.15, -0.1) is 20.4 Å². The van der Waals surface area contributed by atoms with E-state index in [1.807, 2.05) is 64.9 Å². The number of aryl methyl sites for hydroxylation is 1. The van der Waals surface area contributed by atoms with Gasteiger partial charge >= 0.3 is 0 Å². The average molecular weight is 402 g/mol. The van der Waals surface area contributed by atoms with Crippen LogP contribution in [0.2, 0.25) is 0 Å². The van der Waals surface area contributed by atoms with Crippen LogP contribution in [0.3, 0.4) is 0 Å². The van der Waals surface area contributed by atoms with Crippen molar-refractivity contribution in [3.8, 4) is 11.4 Å². The minimum Gasteiger partial charge on any atom is -0.340 e. The van der Waals surface area contributed by atoms with Gasteiger partial charge in [-0.25, -0.2) is 0 Å². The smallest absolute Gasteiger partial charge is 0.246 e. The van der Waals surface area contributed by atoms with Gasteiger partial charge in [0.25, 0.3) is 0 Å². The van der Waals surface area contributed by atoms with E-state index in [0.29, 0.717) is 12.4 Å². The van der Waals surface area contributed by atoms with Crippen LogP contribution in [-0.2, 0) is 11.3 Å². The van der Waals surface area contributed by atoms with Crippen LogP contribution >= 0.6 is 0 Å². The van der Waals surface area contributed by atoms with Crippen molar-refractivity contribution in [3.63, 3.8) is 0 Å². The number of rotatable bonds is 4. The summed E-state index contributed by atoms with van der Waals surface area (Å²) in [5, 5.41) is 21.2. The fourth-order valence-electron chi connectivity index (χ4n) is 3.90. The number of hydrogen-bond acceptors (Lipinski definition) is 6. The predicted molar refractivity (Wildman–Crippen MR) is 110 cm³/mol. The number of tetrazole rings is 1. The number of fused-ring (bicyclic) bond motifs is 1. The SMILES string of the molecule is Cc1ccc(-c2nnn(CC(=O)N3CCCC(c4nnc5ccccn45)C3)n2)cc1. The third-order valence-corrected chi connectivity index (χ3v) is 5.52. The zero-order chi connectivity index (χ0) is 20.5. The van der Waals surface area contributed by atoms with Gasteiger partial charge in [0, 0.05) is 30.8 Å². The van der Waals surface area contributed by atoms with Gasteiger partial charge in [0.15, 0.2) is 5.65 Å².